The number of benzene rings is 2. The van der Waals surface area contributed by atoms with Gasteiger partial charge >= 0.3 is 0 Å². The van der Waals surface area contributed by atoms with Crippen molar-refractivity contribution in [1.29, 1.82) is 0 Å². The molecule has 0 aliphatic heterocycles. The maximum Gasteiger partial charge on any atom is 0.143 e. The van der Waals surface area contributed by atoms with Crippen molar-refractivity contribution in [3.8, 4) is 5.69 Å². The summed E-state index contributed by atoms with van der Waals surface area (Å²) < 4.78 is 2.61. The highest BCUT2D eigenvalue weighted by Crippen LogP contribution is 2.24. The second-order valence-electron chi connectivity index (χ2n) is 4.36. The minimum Gasteiger partial charge on any atom is -0.379 e. The molecule has 5 nitrogen and oxygen atoms in total. The Labute approximate surface area is 135 Å². The fraction of sp³-hybridized carbons (Fsp3) is 0.0714. The highest BCUT2D eigenvalue weighted by molar-refractivity contribution is 9.10. The molecule has 0 aliphatic carbocycles. The second-order valence-corrected chi connectivity index (χ2v) is 5.68. The summed E-state index contributed by atoms with van der Waals surface area (Å²) in [5.41, 5.74) is 2.83. The molecule has 1 aromatic heterocycles. The van der Waals surface area contributed by atoms with E-state index in [0.717, 1.165) is 26.4 Å². The Bertz CT molecular complexity index is 745. The lowest BCUT2D eigenvalue weighted by Gasteiger charge is -2.12. The lowest BCUT2D eigenvalue weighted by Crippen LogP contribution is -2.05. The largest absolute Gasteiger partial charge is 0.379 e. The molecule has 0 aliphatic rings. The maximum atomic E-state index is 6.20. The number of aromatic nitrogens is 4. The number of hydrogen-bond donors (Lipinski definition) is 1. The van der Waals surface area contributed by atoms with Crippen LogP contribution in [0.4, 0.5) is 5.69 Å². The van der Waals surface area contributed by atoms with Crippen LogP contribution in [0.25, 0.3) is 5.69 Å². The summed E-state index contributed by atoms with van der Waals surface area (Å²) in [5, 5.41) is 15.3. The molecule has 0 fully saturated rings. The molecule has 0 spiro atoms. The SMILES string of the molecule is Clc1ccc(Br)cc1CNc1ccccc1-n1cnnn1. The molecule has 0 saturated heterocycles. The van der Waals surface area contributed by atoms with Crippen molar-refractivity contribution in [3.05, 3.63) is 63.9 Å². The van der Waals surface area contributed by atoms with E-state index in [9.17, 15) is 0 Å². The number of halogens is 2. The predicted molar refractivity (Wildman–Crippen MR) is 85.6 cm³/mol. The van der Waals surface area contributed by atoms with E-state index in [4.69, 9.17) is 11.6 Å². The normalized spacial score (nSPS) is 10.6. The molecule has 3 aromatic rings. The number of hydrogen-bond acceptors (Lipinski definition) is 4. The summed E-state index contributed by atoms with van der Waals surface area (Å²) in [6.07, 6.45) is 1.56. The van der Waals surface area contributed by atoms with E-state index in [0.29, 0.717) is 6.54 Å². The second kappa shape index (κ2) is 6.24. The summed E-state index contributed by atoms with van der Waals surface area (Å²) in [7, 11) is 0. The fourth-order valence-electron chi connectivity index (χ4n) is 1.96. The monoisotopic (exact) mass is 363 g/mol. The van der Waals surface area contributed by atoms with Gasteiger partial charge < -0.3 is 5.32 Å². The minimum atomic E-state index is 0.609. The smallest absolute Gasteiger partial charge is 0.143 e. The minimum absolute atomic E-state index is 0.609. The van der Waals surface area contributed by atoms with E-state index >= 15 is 0 Å². The van der Waals surface area contributed by atoms with Crippen LogP contribution < -0.4 is 5.32 Å². The highest BCUT2D eigenvalue weighted by Gasteiger charge is 2.06. The first-order chi connectivity index (χ1) is 10.2. The van der Waals surface area contributed by atoms with Crippen molar-refractivity contribution in [1.82, 2.24) is 20.2 Å². The molecule has 0 amide bonds. The van der Waals surface area contributed by atoms with Gasteiger partial charge in [0.25, 0.3) is 0 Å². The number of anilines is 1. The zero-order chi connectivity index (χ0) is 14.7. The Morgan fingerprint density at radius 1 is 1.19 bits per heavy atom. The Hall–Kier alpha value is -1.92. The van der Waals surface area contributed by atoms with Gasteiger partial charge in [0.05, 0.1) is 11.4 Å². The highest BCUT2D eigenvalue weighted by atomic mass is 79.9. The number of nitrogens with zero attached hydrogens (tertiary/aromatic N) is 4. The van der Waals surface area contributed by atoms with Gasteiger partial charge in [-0.15, -0.1) is 5.10 Å². The van der Waals surface area contributed by atoms with E-state index < -0.39 is 0 Å². The Kier molecular flexibility index (Phi) is 4.17. The molecule has 0 atom stereocenters. The lowest BCUT2D eigenvalue weighted by atomic mass is 10.2. The molecule has 7 heteroatoms. The van der Waals surface area contributed by atoms with Crippen molar-refractivity contribution < 1.29 is 0 Å². The van der Waals surface area contributed by atoms with E-state index in [1.165, 1.54) is 0 Å². The first kappa shape index (κ1) is 14.0. The van der Waals surface area contributed by atoms with E-state index in [1.807, 2.05) is 42.5 Å². The zero-order valence-corrected chi connectivity index (χ0v) is 13.2. The van der Waals surface area contributed by atoms with Gasteiger partial charge in [-0.05, 0) is 46.3 Å². The van der Waals surface area contributed by atoms with Crippen LogP contribution in [0.3, 0.4) is 0 Å². The van der Waals surface area contributed by atoms with Crippen LogP contribution >= 0.6 is 27.5 Å². The molecule has 106 valence electrons. The van der Waals surface area contributed by atoms with Crippen molar-refractivity contribution >= 4 is 33.2 Å². The van der Waals surface area contributed by atoms with Crippen molar-refractivity contribution in [2.75, 3.05) is 5.32 Å². The van der Waals surface area contributed by atoms with Crippen LogP contribution in [0.5, 0.6) is 0 Å². The summed E-state index contributed by atoms with van der Waals surface area (Å²) in [6, 6.07) is 13.6. The third kappa shape index (κ3) is 3.22. The summed E-state index contributed by atoms with van der Waals surface area (Å²) in [5.74, 6) is 0. The lowest BCUT2D eigenvalue weighted by molar-refractivity contribution is 0.789. The summed E-state index contributed by atoms with van der Waals surface area (Å²) in [6.45, 7) is 0.609. The first-order valence-corrected chi connectivity index (χ1v) is 7.41. The maximum absolute atomic E-state index is 6.20. The quantitative estimate of drug-likeness (QED) is 0.767. The van der Waals surface area contributed by atoms with Crippen LogP contribution in [0, 0.1) is 0 Å². The van der Waals surface area contributed by atoms with Gasteiger partial charge in [0.1, 0.15) is 6.33 Å². The standard InChI is InChI=1S/C14H11BrClN5/c15-11-5-6-12(16)10(7-11)8-17-13-3-1-2-4-14(13)21-9-18-19-20-21/h1-7,9,17H,8H2. The van der Waals surface area contributed by atoms with Gasteiger partial charge in [0, 0.05) is 16.0 Å². The van der Waals surface area contributed by atoms with Crippen LogP contribution in [-0.2, 0) is 6.54 Å². The number of rotatable bonds is 4. The van der Waals surface area contributed by atoms with Gasteiger partial charge in [-0.2, -0.15) is 4.68 Å². The Balaban J connectivity index is 1.84. The average molecular weight is 365 g/mol. The molecular weight excluding hydrogens is 354 g/mol. The fourth-order valence-corrected chi connectivity index (χ4v) is 2.56. The molecule has 0 unspecified atom stereocenters. The van der Waals surface area contributed by atoms with Crippen LogP contribution in [0.2, 0.25) is 5.02 Å². The third-order valence-electron chi connectivity index (χ3n) is 2.98. The number of para-hydroxylation sites is 2. The van der Waals surface area contributed by atoms with Crippen molar-refractivity contribution in [3.63, 3.8) is 0 Å². The summed E-state index contributed by atoms with van der Waals surface area (Å²) in [4.78, 5) is 0. The van der Waals surface area contributed by atoms with Crippen LogP contribution in [-0.4, -0.2) is 20.2 Å². The number of nitrogens with one attached hydrogen (secondary N) is 1. The average Bonchev–Trinajstić information content (AvgIpc) is 3.03. The van der Waals surface area contributed by atoms with Gasteiger partial charge in [0.15, 0.2) is 0 Å². The first-order valence-electron chi connectivity index (χ1n) is 6.24. The van der Waals surface area contributed by atoms with Crippen molar-refractivity contribution in [2.45, 2.75) is 6.54 Å². The Morgan fingerprint density at radius 3 is 2.86 bits per heavy atom. The molecular formula is C14H11BrClN5. The molecule has 1 N–H and O–H groups in total. The van der Waals surface area contributed by atoms with Crippen LogP contribution in [0.15, 0.2) is 53.3 Å². The van der Waals surface area contributed by atoms with Gasteiger partial charge in [0.2, 0.25) is 0 Å². The molecule has 21 heavy (non-hydrogen) atoms. The molecule has 2 aromatic carbocycles. The van der Waals surface area contributed by atoms with Gasteiger partial charge in [-0.1, -0.05) is 39.7 Å². The van der Waals surface area contributed by atoms with E-state index in [-0.39, 0.29) is 0 Å². The van der Waals surface area contributed by atoms with Crippen LogP contribution in [0.1, 0.15) is 5.56 Å². The molecule has 0 bridgehead atoms. The molecule has 0 saturated carbocycles. The topological polar surface area (TPSA) is 55.6 Å². The van der Waals surface area contributed by atoms with E-state index in [2.05, 4.69) is 36.8 Å². The van der Waals surface area contributed by atoms with E-state index in [1.54, 1.807) is 11.0 Å². The Morgan fingerprint density at radius 2 is 2.05 bits per heavy atom. The molecule has 1 heterocycles. The predicted octanol–water partition coefficient (Wildman–Crippen LogP) is 3.69. The molecule has 3 rings (SSSR count). The van der Waals surface area contributed by atoms with Gasteiger partial charge in [-0.25, -0.2) is 0 Å². The number of tetrazole rings is 1. The van der Waals surface area contributed by atoms with Crippen molar-refractivity contribution in [2.24, 2.45) is 0 Å². The van der Waals surface area contributed by atoms with Gasteiger partial charge in [-0.3, -0.25) is 0 Å². The molecule has 0 radical (unpaired) electrons. The third-order valence-corrected chi connectivity index (χ3v) is 3.84. The summed E-state index contributed by atoms with van der Waals surface area (Å²) >= 11 is 9.65. The zero-order valence-electron chi connectivity index (χ0n) is 10.9.